The number of carbonyl (C=O) groups excluding carboxylic acids is 1. The quantitative estimate of drug-likeness (QED) is 0.846. The number of esters is 1. The molecule has 0 bridgehead atoms. The van der Waals surface area contributed by atoms with Gasteiger partial charge in [0.2, 0.25) is 0 Å². The summed E-state index contributed by atoms with van der Waals surface area (Å²) >= 11 is 1.71. The number of nitrogens with two attached hydrogens (primary N) is 1. The maximum atomic E-state index is 11.1. The molecule has 2 rings (SSSR count). The van der Waals surface area contributed by atoms with Crippen LogP contribution in [0.15, 0.2) is 29.6 Å². The van der Waals surface area contributed by atoms with Crippen LogP contribution in [0.4, 0.5) is 0 Å². The molecule has 1 unspecified atom stereocenters. The molecule has 2 N–H and O–H groups in total. The minimum Gasteiger partial charge on any atom is -0.469 e. The zero-order chi connectivity index (χ0) is 12.3. The maximum Gasteiger partial charge on any atom is 0.307 e. The average molecular weight is 249 g/mol. The first-order valence-corrected chi connectivity index (χ1v) is 6.35. The second-order valence-corrected chi connectivity index (χ2v) is 4.98. The lowest BCUT2D eigenvalue weighted by Gasteiger charge is -2.10. The first-order valence-electron chi connectivity index (χ1n) is 5.47. The Morgan fingerprint density at radius 3 is 3.06 bits per heavy atom. The summed E-state index contributed by atoms with van der Waals surface area (Å²) < 4.78 is 5.86. The predicted molar refractivity (Wildman–Crippen MR) is 70.1 cm³/mol. The molecule has 0 saturated heterocycles. The van der Waals surface area contributed by atoms with Crippen LogP contribution in [-0.2, 0) is 16.0 Å². The molecule has 0 spiro atoms. The van der Waals surface area contributed by atoms with E-state index < -0.39 is 0 Å². The molecule has 3 nitrogen and oxygen atoms in total. The molecule has 17 heavy (non-hydrogen) atoms. The molecule has 0 amide bonds. The number of benzene rings is 1. The first kappa shape index (κ1) is 12.1. The number of rotatable bonds is 4. The monoisotopic (exact) mass is 249 g/mol. The van der Waals surface area contributed by atoms with E-state index in [0.29, 0.717) is 6.42 Å². The van der Waals surface area contributed by atoms with Gasteiger partial charge in [0.1, 0.15) is 0 Å². The fraction of sp³-hybridized carbons (Fsp3) is 0.308. The highest BCUT2D eigenvalue weighted by Crippen LogP contribution is 2.22. The van der Waals surface area contributed by atoms with E-state index in [-0.39, 0.29) is 18.4 Å². The van der Waals surface area contributed by atoms with Crippen LogP contribution >= 0.6 is 11.3 Å². The minimum atomic E-state index is -0.255. The van der Waals surface area contributed by atoms with E-state index >= 15 is 0 Å². The van der Waals surface area contributed by atoms with Gasteiger partial charge >= 0.3 is 5.97 Å². The number of hydrogen-bond acceptors (Lipinski definition) is 4. The van der Waals surface area contributed by atoms with Gasteiger partial charge in [-0.2, -0.15) is 0 Å². The van der Waals surface area contributed by atoms with Gasteiger partial charge in [-0.3, -0.25) is 4.79 Å². The standard InChI is InChI=1S/C13H15NO2S/c1-16-13(15)8-11(14)6-9-2-3-10-4-5-17-12(10)7-9/h2-5,7,11H,6,8,14H2,1H3. The molecule has 1 atom stereocenters. The number of thiophene rings is 1. The van der Waals surface area contributed by atoms with Crippen molar-refractivity contribution in [3.8, 4) is 0 Å². The second kappa shape index (κ2) is 5.29. The van der Waals surface area contributed by atoms with E-state index in [0.717, 1.165) is 5.56 Å². The van der Waals surface area contributed by atoms with Crippen molar-refractivity contribution in [1.29, 1.82) is 0 Å². The van der Waals surface area contributed by atoms with Crippen molar-refractivity contribution in [3.63, 3.8) is 0 Å². The number of fused-ring (bicyclic) bond motifs is 1. The molecule has 0 aliphatic rings. The average Bonchev–Trinajstić information content (AvgIpc) is 2.75. The Morgan fingerprint density at radius 1 is 1.47 bits per heavy atom. The largest absolute Gasteiger partial charge is 0.469 e. The molecule has 4 heteroatoms. The van der Waals surface area contributed by atoms with Crippen LogP contribution in [-0.4, -0.2) is 19.1 Å². The minimum absolute atomic E-state index is 0.181. The molecule has 90 valence electrons. The zero-order valence-electron chi connectivity index (χ0n) is 9.68. The van der Waals surface area contributed by atoms with Crippen LogP contribution < -0.4 is 5.73 Å². The van der Waals surface area contributed by atoms with E-state index in [9.17, 15) is 4.79 Å². The van der Waals surface area contributed by atoms with Gasteiger partial charge in [0.15, 0.2) is 0 Å². The summed E-state index contributed by atoms with van der Waals surface area (Å²) in [6.07, 6.45) is 0.960. The molecule has 0 saturated carbocycles. The molecule has 2 aromatic rings. The molecule has 1 heterocycles. The van der Waals surface area contributed by atoms with Gasteiger partial charge in [-0.1, -0.05) is 12.1 Å². The van der Waals surface area contributed by atoms with Crippen molar-refractivity contribution in [3.05, 3.63) is 35.2 Å². The Balaban J connectivity index is 2.04. The van der Waals surface area contributed by atoms with Gasteiger partial charge in [-0.05, 0) is 34.9 Å². The summed E-state index contributed by atoms with van der Waals surface area (Å²) in [7, 11) is 1.38. The lowest BCUT2D eigenvalue weighted by molar-refractivity contribution is -0.140. The van der Waals surface area contributed by atoms with E-state index in [4.69, 9.17) is 5.73 Å². The summed E-state index contributed by atoms with van der Waals surface area (Å²) in [4.78, 5) is 11.1. The third-order valence-corrected chi connectivity index (χ3v) is 3.55. The van der Waals surface area contributed by atoms with E-state index in [1.54, 1.807) is 11.3 Å². The van der Waals surface area contributed by atoms with Crippen molar-refractivity contribution < 1.29 is 9.53 Å². The maximum absolute atomic E-state index is 11.1. The molecule has 0 fully saturated rings. The number of hydrogen-bond donors (Lipinski definition) is 1. The molecule has 1 aromatic heterocycles. The molecular formula is C13H15NO2S. The van der Waals surface area contributed by atoms with Crippen LogP contribution in [0.25, 0.3) is 10.1 Å². The van der Waals surface area contributed by atoms with Crippen molar-refractivity contribution >= 4 is 27.4 Å². The molecule has 0 aliphatic heterocycles. The lowest BCUT2D eigenvalue weighted by Crippen LogP contribution is -2.26. The predicted octanol–water partition coefficient (Wildman–Crippen LogP) is 2.33. The first-order chi connectivity index (χ1) is 8.19. The Kier molecular flexibility index (Phi) is 3.76. The van der Waals surface area contributed by atoms with Crippen molar-refractivity contribution in [1.82, 2.24) is 0 Å². The third kappa shape index (κ3) is 3.05. The fourth-order valence-corrected chi connectivity index (χ4v) is 2.65. The number of carbonyl (C=O) groups is 1. The van der Waals surface area contributed by atoms with Gasteiger partial charge in [-0.25, -0.2) is 0 Å². The van der Waals surface area contributed by atoms with Gasteiger partial charge in [-0.15, -0.1) is 11.3 Å². The van der Waals surface area contributed by atoms with E-state index in [1.807, 2.05) is 0 Å². The van der Waals surface area contributed by atoms with Crippen LogP contribution in [0.1, 0.15) is 12.0 Å². The van der Waals surface area contributed by atoms with Gasteiger partial charge < -0.3 is 10.5 Å². The summed E-state index contributed by atoms with van der Waals surface area (Å²) in [6.45, 7) is 0. The number of methoxy groups -OCH3 is 1. The van der Waals surface area contributed by atoms with Gasteiger partial charge in [0, 0.05) is 10.7 Å². The Bertz CT molecular complexity index is 521. The summed E-state index contributed by atoms with van der Waals surface area (Å²) in [6, 6.07) is 8.20. The van der Waals surface area contributed by atoms with Gasteiger partial charge in [0.05, 0.1) is 13.5 Å². The SMILES string of the molecule is COC(=O)CC(N)Cc1ccc2ccsc2c1. The number of ether oxygens (including phenoxy) is 1. The van der Waals surface area contributed by atoms with Crippen molar-refractivity contribution in [2.24, 2.45) is 5.73 Å². The Labute approximate surface area is 104 Å². The highest BCUT2D eigenvalue weighted by molar-refractivity contribution is 7.17. The molecule has 0 radical (unpaired) electrons. The summed E-state index contributed by atoms with van der Waals surface area (Å²) in [5.41, 5.74) is 7.07. The Morgan fingerprint density at radius 2 is 2.29 bits per heavy atom. The molecule has 1 aromatic carbocycles. The highest BCUT2D eigenvalue weighted by Gasteiger charge is 2.10. The van der Waals surface area contributed by atoms with Crippen LogP contribution in [0.2, 0.25) is 0 Å². The van der Waals surface area contributed by atoms with Crippen LogP contribution in [0.5, 0.6) is 0 Å². The Hall–Kier alpha value is -1.39. The smallest absolute Gasteiger partial charge is 0.307 e. The highest BCUT2D eigenvalue weighted by atomic mass is 32.1. The summed E-state index contributed by atoms with van der Waals surface area (Å²) in [5.74, 6) is -0.255. The van der Waals surface area contributed by atoms with Crippen LogP contribution in [0, 0.1) is 0 Å². The van der Waals surface area contributed by atoms with E-state index in [1.165, 1.54) is 17.2 Å². The summed E-state index contributed by atoms with van der Waals surface area (Å²) in [5, 5.41) is 3.32. The normalized spacial score (nSPS) is 12.6. The zero-order valence-corrected chi connectivity index (χ0v) is 10.5. The van der Waals surface area contributed by atoms with Crippen LogP contribution in [0.3, 0.4) is 0 Å². The second-order valence-electron chi connectivity index (χ2n) is 4.04. The molecule has 0 aliphatic carbocycles. The third-order valence-electron chi connectivity index (χ3n) is 2.68. The lowest BCUT2D eigenvalue weighted by atomic mass is 10.0. The van der Waals surface area contributed by atoms with Crippen molar-refractivity contribution in [2.75, 3.05) is 7.11 Å². The fourth-order valence-electron chi connectivity index (χ4n) is 1.80. The van der Waals surface area contributed by atoms with Crippen molar-refractivity contribution in [2.45, 2.75) is 18.9 Å². The molecular weight excluding hydrogens is 234 g/mol. The topological polar surface area (TPSA) is 52.3 Å². The van der Waals surface area contributed by atoms with E-state index in [2.05, 4.69) is 34.4 Å². The van der Waals surface area contributed by atoms with Gasteiger partial charge in [0.25, 0.3) is 0 Å².